The van der Waals surface area contributed by atoms with Crippen molar-refractivity contribution in [3.05, 3.63) is 191 Å². The Morgan fingerprint density at radius 3 is 2.22 bits per heavy atom. The molecule has 3 heteroatoms. The average molecular weight is 637 g/mol. The van der Waals surface area contributed by atoms with Crippen molar-refractivity contribution < 1.29 is 4.74 Å². The van der Waals surface area contributed by atoms with Crippen LogP contribution in [0.25, 0.3) is 22.3 Å². The van der Waals surface area contributed by atoms with Gasteiger partial charge in [0.2, 0.25) is 0 Å². The van der Waals surface area contributed by atoms with Gasteiger partial charge in [-0.25, -0.2) is 0 Å². The van der Waals surface area contributed by atoms with E-state index in [4.69, 9.17) is 4.74 Å². The molecule has 0 spiro atoms. The highest BCUT2D eigenvalue weighted by atomic mass is 16.5. The molecule has 3 nitrogen and oxygen atoms in total. The Hall–Kier alpha value is -5.67. The average Bonchev–Trinajstić information content (AvgIpc) is 3.45. The molecule has 1 N–H and O–H groups in total. The molecule has 0 bridgehead atoms. The highest BCUT2D eigenvalue weighted by molar-refractivity contribution is 5.89. The molecule has 0 aromatic heterocycles. The molecule has 0 amide bonds. The monoisotopic (exact) mass is 636 g/mol. The van der Waals surface area contributed by atoms with E-state index in [0.29, 0.717) is 12.5 Å². The molecule has 1 heterocycles. The van der Waals surface area contributed by atoms with Crippen LogP contribution in [0.3, 0.4) is 0 Å². The van der Waals surface area contributed by atoms with E-state index in [2.05, 4.69) is 158 Å². The van der Waals surface area contributed by atoms with E-state index < -0.39 is 0 Å². The number of anilines is 2. The van der Waals surface area contributed by atoms with Crippen molar-refractivity contribution in [2.24, 2.45) is 16.3 Å². The number of ether oxygens (including phenoxy) is 1. The van der Waals surface area contributed by atoms with Gasteiger partial charge < -0.3 is 10.1 Å². The van der Waals surface area contributed by atoms with E-state index in [-0.39, 0.29) is 5.41 Å². The van der Waals surface area contributed by atoms with Crippen molar-refractivity contribution >= 4 is 28.7 Å². The fourth-order valence-corrected chi connectivity index (χ4v) is 7.39. The van der Waals surface area contributed by atoms with Crippen LogP contribution in [0.15, 0.2) is 174 Å². The molecule has 2 atom stereocenters. The molecular weight excluding hydrogens is 597 g/mol. The highest BCUT2D eigenvalue weighted by Gasteiger charge is 2.47. The Kier molecular flexibility index (Phi) is 8.19. The largest absolute Gasteiger partial charge is 0.460 e. The maximum Gasteiger partial charge on any atom is 0.134 e. The Balaban J connectivity index is 1.11. The number of hydrogen-bond donors (Lipinski definition) is 1. The van der Waals surface area contributed by atoms with Crippen molar-refractivity contribution in [1.82, 2.24) is 0 Å². The minimum absolute atomic E-state index is 0.169. The smallest absolute Gasteiger partial charge is 0.134 e. The van der Waals surface area contributed by atoms with Crippen LogP contribution in [-0.2, 0) is 11.3 Å². The third-order valence-electron chi connectivity index (χ3n) is 9.97. The molecule has 240 valence electrons. The zero-order chi connectivity index (χ0) is 33.2. The van der Waals surface area contributed by atoms with Crippen molar-refractivity contribution in [2.45, 2.75) is 33.2 Å². The van der Waals surface area contributed by atoms with Gasteiger partial charge in [-0.1, -0.05) is 134 Å². The van der Waals surface area contributed by atoms with Gasteiger partial charge in [0.15, 0.2) is 0 Å². The number of nitrogens with zero attached hydrogens (tertiary/aromatic N) is 1. The zero-order valence-electron chi connectivity index (χ0n) is 28.1. The van der Waals surface area contributed by atoms with E-state index in [0.717, 1.165) is 63.6 Å². The Morgan fingerprint density at radius 1 is 0.796 bits per heavy atom. The number of fused-ring (bicyclic) bond motifs is 2. The number of rotatable bonds is 8. The van der Waals surface area contributed by atoms with Gasteiger partial charge >= 0.3 is 0 Å². The summed E-state index contributed by atoms with van der Waals surface area (Å²) in [4.78, 5) is 4.64. The second-order valence-electron chi connectivity index (χ2n) is 13.5. The summed E-state index contributed by atoms with van der Waals surface area (Å²) in [7, 11) is 0. The van der Waals surface area contributed by atoms with Crippen LogP contribution in [-0.4, -0.2) is 6.21 Å². The molecule has 3 aliphatic rings. The van der Waals surface area contributed by atoms with Crippen molar-refractivity contribution in [3.8, 4) is 11.1 Å². The third kappa shape index (κ3) is 6.09. The summed E-state index contributed by atoms with van der Waals surface area (Å²) in [5.74, 6) is 2.58. The topological polar surface area (TPSA) is 33.6 Å². The predicted octanol–water partition coefficient (Wildman–Crippen LogP) is 11.8. The van der Waals surface area contributed by atoms with Gasteiger partial charge in [0, 0.05) is 34.3 Å². The minimum Gasteiger partial charge on any atom is -0.460 e. The van der Waals surface area contributed by atoms with Crippen molar-refractivity contribution in [1.29, 1.82) is 0 Å². The van der Waals surface area contributed by atoms with Crippen molar-refractivity contribution in [2.75, 3.05) is 5.32 Å². The number of allylic oxidation sites excluding steroid dienone is 6. The Bertz CT molecular complexity index is 2140. The second kappa shape index (κ2) is 13.1. The van der Waals surface area contributed by atoms with Crippen LogP contribution in [0.4, 0.5) is 11.4 Å². The molecule has 2 unspecified atom stereocenters. The van der Waals surface area contributed by atoms with Gasteiger partial charge in [0.1, 0.15) is 11.5 Å². The van der Waals surface area contributed by atoms with E-state index in [1.165, 1.54) is 22.3 Å². The van der Waals surface area contributed by atoms with E-state index in [9.17, 15) is 0 Å². The summed E-state index contributed by atoms with van der Waals surface area (Å²) >= 11 is 0. The molecule has 0 saturated carbocycles. The molecule has 49 heavy (non-hydrogen) atoms. The van der Waals surface area contributed by atoms with Gasteiger partial charge in [-0.2, -0.15) is 0 Å². The standard InChI is InChI=1S/C46H40N2O/c1-32-27-41(36-17-10-5-11-18-36)44-42(28-32)46(2)26-12-19-39(45(46)49-44)37-22-25-43(40(29-37)35-15-8-4-9-16-35)48-38-23-20-34(21-24-38)31-47-30-33-13-6-3-7-14-33/h3-25,27,29,31-32,48H,26,28,30H2,1-2H3/b47-31+. The molecule has 0 saturated heterocycles. The first-order chi connectivity index (χ1) is 24.0. The molecule has 1 aliphatic heterocycles. The van der Waals surface area contributed by atoms with Crippen LogP contribution < -0.4 is 5.32 Å². The third-order valence-corrected chi connectivity index (χ3v) is 9.97. The zero-order valence-corrected chi connectivity index (χ0v) is 28.1. The lowest BCUT2D eigenvalue weighted by Gasteiger charge is -2.32. The SMILES string of the molecule is CC1C=C(c2ccccc2)C2=C(C1)C1(C)CC=CC(c3ccc(Nc4ccc(/C=N/Cc5ccccc5)cc4)c(-c4ccccc4)c3)=C1O2. The van der Waals surface area contributed by atoms with Crippen LogP contribution >= 0.6 is 0 Å². The van der Waals surface area contributed by atoms with Crippen LogP contribution in [0, 0.1) is 11.3 Å². The lowest BCUT2D eigenvalue weighted by atomic mass is 9.69. The van der Waals surface area contributed by atoms with Gasteiger partial charge in [0.25, 0.3) is 0 Å². The summed E-state index contributed by atoms with van der Waals surface area (Å²) < 4.78 is 7.00. The fraction of sp³-hybridized carbons (Fsp3) is 0.152. The van der Waals surface area contributed by atoms with E-state index in [1.807, 2.05) is 24.4 Å². The molecule has 0 radical (unpaired) electrons. The maximum absolute atomic E-state index is 7.00. The number of benzene rings is 5. The number of aliphatic imine (C=N–C) groups is 1. The van der Waals surface area contributed by atoms with Gasteiger partial charge in [-0.15, -0.1) is 0 Å². The predicted molar refractivity (Wildman–Crippen MR) is 204 cm³/mol. The Labute approximate surface area is 289 Å². The number of hydrogen-bond acceptors (Lipinski definition) is 3. The van der Waals surface area contributed by atoms with Gasteiger partial charge in [-0.3, -0.25) is 4.99 Å². The van der Waals surface area contributed by atoms with Gasteiger partial charge in [0.05, 0.1) is 12.0 Å². The lowest BCUT2D eigenvalue weighted by molar-refractivity contribution is 0.280. The van der Waals surface area contributed by atoms with E-state index in [1.54, 1.807) is 0 Å². The van der Waals surface area contributed by atoms with Crippen LogP contribution in [0.2, 0.25) is 0 Å². The molecule has 5 aromatic rings. The molecular formula is C46H40N2O. The molecule has 0 fully saturated rings. The first-order valence-electron chi connectivity index (χ1n) is 17.3. The Morgan fingerprint density at radius 2 is 1.49 bits per heavy atom. The maximum atomic E-state index is 7.00. The van der Waals surface area contributed by atoms with Crippen molar-refractivity contribution in [3.63, 3.8) is 0 Å². The normalized spacial score (nSPS) is 19.8. The lowest BCUT2D eigenvalue weighted by Crippen LogP contribution is -2.22. The van der Waals surface area contributed by atoms with Gasteiger partial charge in [-0.05, 0) is 83.3 Å². The second-order valence-corrected chi connectivity index (χ2v) is 13.5. The summed E-state index contributed by atoms with van der Waals surface area (Å²) in [5, 5.41) is 3.71. The summed E-state index contributed by atoms with van der Waals surface area (Å²) in [6.07, 6.45) is 10.9. The first-order valence-corrected chi connectivity index (χ1v) is 17.3. The summed E-state index contributed by atoms with van der Waals surface area (Å²) in [6, 6.07) is 46.9. The molecule has 2 aliphatic carbocycles. The summed E-state index contributed by atoms with van der Waals surface area (Å²) in [5.41, 5.74) is 12.7. The quantitative estimate of drug-likeness (QED) is 0.172. The highest BCUT2D eigenvalue weighted by Crippen LogP contribution is 2.58. The molecule has 5 aromatic carbocycles. The summed E-state index contributed by atoms with van der Waals surface area (Å²) in [6.45, 7) is 5.37. The van der Waals surface area contributed by atoms with Crippen LogP contribution in [0.5, 0.6) is 0 Å². The fourth-order valence-electron chi connectivity index (χ4n) is 7.39. The van der Waals surface area contributed by atoms with Crippen LogP contribution in [0.1, 0.15) is 48.9 Å². The minimum atomic E-state index is -0.169. The first kappa shape index (κ1) is 30.7. The number of nitrogens with one attached hydrogen (secondary N) is 1. The van der Waals surface area contributed by atoms with E-state index >= 15 is 0 Å². The molecule has 8 rings (SSSR count).